The van der Waals surface area contributed by atoms with Crippen LogP contribution in [0.3, 0.4) is 0 Å². The van der Waals surface area contributed by atoms with Gasteiger partial charge in [-0.15, -0.1) is 21.6 Å². The van der Waals surface area contributed by atoms with E-state index >= 15 is 0 Å². The van der Waals surface area contributed by atoms with E-state index in [1.54, 1.807) is 11.3 Å². The van der Waals surface area contributed by atoms with Gasteiger partial charge in [-0.05, 0) is 25.5 Å². The Bertz CT molecular complexity index is 520. The zero-order valence-corrected chi connectivity index (χ0v) is 13.6. The number of aryl methyl sites for hydroxylation is 2. The number of aromatic nitrogens is 2. The van der Waals surface area contributed by atoms with Crippen LogP contribution in [-0.4, -0.2) is 27.5 Å². The third-order valence-corrected chi connectivity index (χ3v) is 7.58. The Hall–Kier alpha value is -0.520. The summed E-state index contributed by atoms with van der Waals surface area (Å²) in [6.45, 7) is 7.24. The zero-order valence-electron chi connectivity index (χ0n) is 12.0. The predicted molar refractivity (Wildman–Crippen MR) is 82.7 cm³/mol. The fourth-order valence-electron chi connectivity index (χ4n) is 1.67. The molecule has 0 saturated heterocycles. The first kappa shape index (κ1) is 13.9. The molecule has 0 amide bonds. The van der Waals surface area contributed by atoms with Crippen LogP contribution >= 0.6 is 21.6 Å². The smallest absolute Gasteiger partial charge is 0.0936 e. The largest absolute Gasteiger partial charge is 0.331 e. The lowest BCUT2D eigenvalue weighted by Crippen LogP contribution is -2.11. The molecule has 5 heteroatoms. The van der Waals surface area contributed by atoms with Crippen molar-refractivity contribution in [2.24, 2.45) is 7.05 Å². The summed E-state index contributed by atoms with van der Waals surface area (Å²) in [6, 6.07) is 2.20. The van der Waals surface area contributed by atoms with Crippen molar-refractivity contribution in [2.45, 2.75) is 32.6 Å². The van der Waals surface area contributed by atoms with E-state index < -0.39 is 10.3 Å². The molecular weight excluding hydrogens is 264 g/mol. The second-order valence-electron chi connectivity index (χ2n) is 5.26. The van der Waals surface area contributed by atoms with Crippen LogP contribution in [-0.2, 0) is 17.8 Å². The Balaban J connectivity index is 2.16. The van der Waals surface area contributed by atoms with Crippen molar-refractivity contribution in [3.63, 3.8) is 0 Å². The Kier molecular flexibility index (Phi) is 3.76. The van der Waals surface area contributed by atoms with Crippen LogP contribution < -0.4 is 0 Å². The van der Waals surface area contributed by atoms with E-state index in [2.05, 4.69) is 44.4 Å². The number of thiophene rings is 1. The van der Waals surface area contributed by atoms with Gasteiger partial charge >= 0.3 is 0 Å². The summed E-state index contributed by atoms with van der Waals surface area (Å²) >= 11 is 1.80. The number of hydrogen-bond donors (Lipinski definition) is 0. The van der Waals surface area contributed by atoms with Crippen LogP contribution in [0, 0.1) is 6.92 Å². The number of rotatable bonds is 4. The lowest BCUT2D eigenvalue weighted by Gasteiger charge is -2.35. The van der Waals surface area contributed by atoms with E-state index in [-0.39, 0.29) is 0 Å². The minimum Gasteiger partial charge on any atom is -0.331 e. The summed E-state index contributed by atoms with van der Waals surface area (Å²) in [5.41, 5.74) is 2.33. The van der Waals surface area contributed by atoms with Crippen molar-refractivity contribution >= 4 is 31.9 Å². The highest BCUT2D eigenvalue weighted by molar-refractivity contribution is 8.29. The normalized spacial score (nSPS) is 13.7. The highest BCUT2D eigenvalue weighted by Gasteiger charge is 2.18. The van der Waals surface area contributed by atoms with Crippen LogP contribution in [0.5, 0.6) is 0 Å². The molecule has 0 N–H and O–H groups in total. The molecule has 2 heterocycles. The first-order chi connectivity index (χ1) is 8.31. The molecule has 102 valence electrons. The van der Waals surface area contributed by atoms with Crippen molar-refractivity contribution < 1.29 is 4.18 Å². The summed E-state index contributed by atoms with van der Waals surface area (Å²) in [4.78, 5) is 1.29. The van der Waals surface area contributed by atoms with Gasteiger partial charge < -0.3 is 4.18 Å². The molecule has 18 heavy (non-hydrogen) atoms. The van der Waals surface area contributed by atoms with Crippen molar-refractivity contribution in [1.29, 1.82) is 0 Å². The van der Waals surface area contributed by atoms with Gasteiger partial charge in [0.05, 0.1) is 22.5 Å². The van der Waals surface area contributed by atoms with E-state index in [1.807, 2.05) is 11.7 Å². The summed E-state index contributed by atoms with van der Waals surface area (Å²) < 4.78 is 9.35. The highest BCUT2D eigenvalue weighted by atomic mass is 32.3. The molecule has 2 rings (SSSR count). The molecule has 0 aliphatic heterocycles. The quantitative estimate of drug-likeness (QED) is 0.853. The molecular formula is C13H22N2OS2. The molecule has 0 aliphatic carbocycles. The molecule has 0 spiro atoms. The average molecular weight is 286 g/mol. The molecule has 0 bridgehead atoms. The predicted octanol–water partition coefficient (Wildman–Crippen LogP) is 3.85. The van der Waals surface area contributed by atoms with E-state index in [0.29, 0.717) is 5.25 Å². The minimum atomic E-state index is -0.953. The molecule has 2 aromatic heterocycles. The van der Waals surface area contributed by atoms with Crippen molar-refractivity contribution in [3.8, 4) is 0 Å². The molecule has 0 saturated carbocycles. The first-order valence-corrected chi connectivity index (χ1v) is 9.35. The zero-order chi connectivity index (χ0) is 13.5. The van der Waals surface area contributed by atoms with Gasteiger partial charge in [-0.1, -0.05) is 13.8 Å². The monoisotopic (exact) mass is 286 g/mol. The summed E-state index contributed by atoms with van der Waals surface area (Å²) in [6.07, 6.45) is 4.47. The average Bonchev–Trinajstić information content (AvgIpc) is 2.79. The lowest BCUT2D eigenvalue weighted by molar-refractivity contribution is 0.350. The Morgan fingerprint density at radius 3 is 2.67 bits per heavy atom. The van der Waals surface area contributed by atoms with Crippen LogP contribution in [0.4, 0.5) is 0 Å². The van der Waals surface area contributed by atoms with Crippen LogP contribution in [0.1, 0.15) is 24.4 Å². The maximum absolute atomic E-state index is 6.12. The van der Waals surface area contributed by atoms with Crippen molar-refractivity contribution in [3.05, 3.63) is 16.6 Å². The Morgan fingerprint density at radius 2 is 2.11 bits per heavy atom. The minimum absolute atomic E-state index is 0.593. The number of fused-ring (bicyclic) bond motifs is 1. The fraction of sp³-hybridized carbons (Fsp3) is 0.615. The SMILES string of the molecule is Cc1nn(C)c2cc(COS(C)(C)C(C)C)sc12. The molecule has 2 aromatic rings. The third kappa shape index (κ3) is 2.58. The number of nitrogens with zero attached hydrogens (tertiary/aromatic N) is 2. The molecule has 0 unspecified atom stereocenters. The summed E-state index contributed by atoms with van der Waals surface area (Å²) in [7, 11) is 1.04. The van der Waals surface area contributed by atoms with Gasteiger partial charge in [-0.2, -0.15) is 5.10 Å². The van der Waals surface area contributed by atoms with E-state index in [9.17, 15) is 0 Å². The van der Waals surface area contributed by atoms with Crippen molar-refractivity contribution in [2.75, 3.05) is 12.5 Å². The van der Waals surface area contributed by atoms with Gasteiger partial charge in [0.15, 0.2) is 0 Å². The van der Waals surface area contributed by atoms with Gasteiger partial charge in [0, 0.05) is 17.2 Å². The molecule has 0 aromatic carbocycles. The van der Waals surface area contributed by atoms with Gasteiger partial charge in [-0.3, -0.25) is 4.68 Å². The molecule has 0 radical (unpaired) electrons. The topological polar surface area (TPSA) is 27.1 Å². The molecule has 3 nitrogen and oxygen atoms in total. The van der Waals surface area contributed by atoms with Crippen LogP contribution in [0.2, 0.25) is 0 Å². The second kappa shape index (κ2) is 4.87. The maximum atomic E-state index is 6.12. The Labute approximate surface area is 115 Å². The van der Waals surface area contributed by atoms with Crippen molar-refractivity contribution in [1.82, 2.24) is 9.78 Å². The second-order valence-corrected chi connectivity index (χ2v) is 10.2. The summed E-state index contributed by atoms with van der Waals surface area (Å²) in [5, 5.41) is 5.01. The van der Waals surface area contributed by atoms with Gasteiger partial charge in [0.2, 0.25) is 0 Å². The first-order valence-electron chi connectivity index (χ1n) is 6.10. The van der Waals surface area contributed by atoms with Gasteiger partial charge in [0.25, 0.3) is 0 Å². The van der Waals surface area contributed by atoms with E-state index in [4.69, 9.17) is 4.18 Å². The standard InChI is InChI=1S/C13H22N2OS2/c1-9(2)18(5,6)16-8-11-7-12-13(17-11)10(3)14-15(12)4/h7,9H,8H2,1-6H3. The lowest BCUT2D eigenvalue weighted by atomic mass is 10.4. The Morgan fingerprint density at radius 1 is 1.44 bits per heavy atom. The van der Waals surface area contributed by atoms with Crippen LogP contribution in [0.25, 0.3) is 10.2 Å². The summed E-state index contributed by atoms with van der Waals surface area (Å²) in [5.74, 6) is 0. The van der Waals surface area contributed by atoms with E-state index in [1.165, 1.54) is 15.1 Å². The molecule has 0 fully saturated rings. The van der Waals surface area contributed by atoms with Crippen LogP contribution in [0.15, 0.2) is 6.07 Å². The van der Waals surface area contributed by atoms with Gasteiger partial charge in [-0.25, -0.2) is 0 Å². The van der Waals surface area contributed by atoms with E-state index in [0.717, 1.165) is 12.3 Å². The maximum Gasteiger partial charge on any atom is 0.0936 e. The molecule has 0 atom stereocenters. The van der Waals surface area contributed by atoms with Gasteiger partial charge in [0.1, 0.15) is 0 Å². The highest BCUT2D eigenvalue weighted by Crippen LogP contribution is 2.47. The number of hydrogen-bond acceptors (Lipinski definition) is 3. The molecule has 0 aliphatic rings. The fourth-order valence-corrected chi connectivity index (χ4v) is 3.48. The third-order valence-electron chi connectivity index (χ3n) is 3.38.